The molecule has 0 unspecified atom stereocenters. The molecule has 7 rings (SSSR count). The van der Waals surface area contributed by atoms with Crippen molar-refractivity contribution in [3.05, 3.63) is 152 Å². The van der Waals surface area contributed by atoms with E-state index in [9.17, 15) is 0 Å². The predicted molar refractivity (Wildman–Crippen MR) is 172 cm³/mol. The van der Waals surface area contributed by atoms with E-state index in [1.165, 1.54) is 17.6 Å². The summed E-state index contributed by atoms with van der Waals surface area (Å²) in [5, 5.41) is 0. The summed E-state index contributed by atoms with van der Waals surface area (Å²) in [7, 11) is 6.60. The van der Waals surface area contributed by atoms with Crippen LogP contribution in [-0.4, -0.2) is 38.6 Å². The number of aromatic nitrogens is 8. The van der Waals surface area contributed by atoms with Crippen molar-refractivity contribution in [2.75, 3.05) is 0 Å². The summed E-state index contributed by atoms with van der Waals surface area (Å²) in [6, 6.07) is 32.2. The van der Waals surface area contributed by atoms with Gasteiger partial charge < -0.3 is 4.57 Å². The van der Waals surface area contributed by atoms with Crippen LogP contribution in [0.15, 0.2) is 141 Å². The number of imidazole rings is 3. The molecular weight excluding hydrogens is 746 g/mol. The van der Waals surface area contributed by atoms with Crippen LogP contribution in [0.3, 0.4) is 0 Å². The number of hydrogen-bond acceptors (Lipinski definition) is 5. The number of nitrogens with zero attached hydrogens (tertiary/aromatic N) is 8. The van der Waals surface area contributed by atoms with Crippen LogP contribution in [0.1, 0.15) is 11.4 Å². The molecule has 10 heteroatoms. The number of benzene rings is 2. The van der Waals surface area contributed by atoms with Gasteiger partial charge in [-0.1, -0.05) is 48.5 Å². The molecular formula is C34H32ClN8Os. The average molecular weight is 778 g/mol. The van der Waals surface area contributed by atoms with E-state index in [2.05, 4.69) is 58.8 Å². The summed E-state index contributed by atoms with van der Waals surface area (Å²) in [5.74, 6) is 1.73. The number of halogens is 1. The van der Waals surface area contributed by atoms with Crippen molar-refractivity contribution in [2.45, 2.75) is 13.8 Å². The molecule has 223 valence electrons. The summed E-state index contributed by atoms with van der Waals surface area (Å²) in [6.45, 7) is 3.97. The first-order chi connectivity index (χ1) is 21.6. The van der Waals surface area contributed by atoms with E-state index < -0.39 is 0 Å². The van der Waals surface area contributed by atoms with E-state index in [1.54, 1.807) is 24.9 Å². The molecule has 44 heavy (non-hydrogen) atoms. The van der Waals surface area contributed by atoms with Crippen LogP contribution in [0.25, 0.3) is 34.4 Å². The quantitative estimate of drug-likeness (QED) is 0.184. The van der Waals surface area contributed by atoms with Gasteiger partial charge in [-0.05, 0) is 62.4 Å². The van der Waals surface area contributed by atoms with E-state index >= 15 is 0 Å². The number of hydrogen-bond donors (Lipinski definition) is 0. The molecule has 0 aliphatic rings. The van der Waals surface area contributed by atoms with E-state index in [0.29, 0.717) is 0 Å². The normalized spacial score (nSPS) is 9.93. The second-order valence-corrected chi connectivity index (χ2v) is 9.47. The topological polar surface area (TPSA) is 79.2 Å². The van der Waals surface area contributed by atoms with E-state index in [0.717, 1.165) is 45.8 Å². The monoisotopic (exact) mass is 779 g/mol. The first-order valence-electron chi connectivity index (χ1n) is 13.7. The van der Waals surface area contributed by atoms with Gasteiger partial charge in [0.25, 0.3) is 0 Å². The van der Waals surface area contributed by atoms with Crippen molar-refractivity contribution in [2.24, 2.45) is 7.05 Å². The molecule has 0 aliphatic carbocycles. The minimum atomic E-state index is 0.866. The van der Waals surface area contributed by atoms with Gasteiger partial charge in [0.15, 0.2) is 11.6 Å². The molecule has 0 amide bonds. The van der Waals surface area contributed by atoms with E-state index in [4.69, 9.17) is 0 Å². The van der Waals surface area contributed by atoms with Crippen molar-refractivity contribution in [1.82, 2.24) is 38.6 Å². The number of pyridine rings is 2. The molecule has 5 heterocycles. The molecule has 0 N–H and O–H groups in total. The van der Waals surface area contributed by atoms with Gasteiger partial charge in [-0.3, -0.25) is 9.13 Å². The number of aryl methyl sites for hydroxylation is 3. The summed E-state index contributed by atoms with van der Waals surface area (Å²) >= 11 is 1.33. The third-order valence-electron chi connectivity index (χ3n) is 6.22. The molecule has 0 saturated heterocycles. The molecule has 0 saturated carbocycles. The van der Waals surface area contributed by atoms with Crippen molar-refractivity contribution in [3.63, 3.8) is 0 Å². The van der Waals surface area contributed by atoms with Crippen molar-refractivity contribution >= 4 is 9.64 Å². The first kappa shape index (κ1) is 32.2. The minimum absolute atomic E-state index is 0.866. The molecule has 0 atom stereocenters. The molecule has 0 radical (unpaired) electrons. The fraction of sp³-hybridized carbons (Fsp3) is 0.0882. The summed E-state index contributed by atoms with van der Waals surface area (Å²) in [6.07, 6.45) is 12.9. The Balaban J connectivity index is 0.000000162. The summed E-state index contributed by atoms with van der Waals surface area (Å²) in [5.41, 5.74) is 5.96. The van der Waals surface area contributed by atoms with Gasteiger partial charge in [0.1, 0.15) is 11.4 Å². The standard InChI is InChI=1S/2C15H13N3.C4H6N2.ClH.Os/c2*1-12-6-5-9-14(17-12)15-16-10-11-18(15)13-7-3-2-4-8-13;1-6-3-2-5-4-6;;/h2*2-11H,1H3;2-4H,1H3;1H;/q;;;;+1/p-1. The zero-order valence-electron chi connectivity index (χ0n) is 24.6. The van der Waals surface area contributed by atoms with Crippen LogP contribution >= 0.6 is 9.64 Å². The Bertz CT molecular complexity index is 1700. The number of rotatable bonds is 4. The van der Waals surface area contributed by atoms with Gasteiger partial charge in [-0.25, -0.2) is 24.9 Å². The predicted octanol–water partition coefficient (Wildman–Crippen LogP) is 7.59. The van der Waals surface area contributed by atoms with Gasteiger partial charge >= 0.3 is 27.2 Å². The molecule has 0 aliphatic heterocycles. The Morgan fingerprint density at radius 3 is 1.34 bits per heavy atom. The fourth-order valence-electron chi connectivity index (χ4n) is 4.24. The van der Waals surface area contributed by atoms with E-state index in [-0.39, 0.29) is 0 Å². The Labute approximate surface area is 272 Å². The fourth-order valence-corrected chi connectivity index (χ4v) is 4.24. The zero-order chi connectivity index (χ0) is 31.1. The van der Waals surface area contributed by atoms with Crippen molar-refractivity contribution in [1.29, 1.82) is 0 Å². The van der Waals surface area contributed by atoms with Crippen molar-refractivity contribution in [3.8, 4) is 34.4 Å². The third kappa shape index (κ3) is 8.90. The third-order valence-corrected chi connectivity index (χ3v) is 6.22. The molecule has 0 bridgehead atoms. The molecule has 7 aromatic rings. The van der Waals surface area contributed by atoms with Crippen LogP contribution in [0, 0.1) is 13.8 Å². The Morgan fingerprint density at radius 2 is 1.00 bits per heavy atom. The second-order valence-electron chi connectivity index (χ2n) is 9.47. The Kier molecular flexibility index (Phi) is 12.3. The van der Waals surface area contributed by atoms with Crippen LogP contribution in [0.4, 0.5) is 0 Å². The van der Waals surface area contributed by atoms with Gasteiger partial charge in [0.2, 0.25) is 0 Å². The molecule has 5 aromatic heterocycles. The van der Waals surface area contributed by atoms with Crippen LogP contribution in [0.5, 0.6) is 0 Å². The van der Waals surface area contributed by atoms with Gasteiger partial charge in [-0.2, -0.15) is 0 Å². The molecule has 8 nitrogen and oxygen atoms in total. The Hall–Kier alpha value is -4.70. The Morgan fingerprint density at radius 1 is 0.545 bits per heavy atom. The summed E-state index contributed by atoms with van der Waals surface area (Å²) < 4.78 is 5.98. The maximum absolute atomic E-state index is 4.67. The van der Waals surface area contributed by atoms with Crippen LogP contribution in [0.2, 0.25) is 0 Å². The van der Waals surface area contributed by atoms with Gasteiger partial charge in [0.05, 0.1) is 6.33 Å². The van der Waals surface area contributed by atoms with Gasteiger partial charge in [-0.15, -0.1) is 0 Å². The average Bonchev–Trinajstić information content (AvgIpc) is 3.86. The molecule has 0 fully saturated rings. The zero-order valence-corrected chi connectivity index (χ0v) is 27.9. The van der Waals surface area contributed by atoms with E-state index in [1.807, 2.05) is 126 Å². The summed E-state index contributed by atoms with van der Waals surface area (Å²) in [4.78, 5) is 21.6. The van der Waals surface area contributed by atoms with Crippen LogP contribution in [-0.2, 0) is 24.6 Å². The first-order valence-corrected chi connectivity index (χ1v) is 16.8. The number of para-hydroxylation sites is 2. The molecule has 2 aromatic carbocycles. The SMILES string of the molecule is Cc1cccc(-c2nccn2-c2ccccc2)n1.Cc1cccc(-c2nccn2-c2ccccc2)n1.Cn1ccnc1.[Cl][Os]. The molecule has 0 spiro atoms. The maximum atomic E-state index is 4.67. The van der Waals surface area contributed by atoms with Gasteiger partial charge in [0, 0.05) is 67.0 Å². The second kappa shape index (κ2) is 16.8. The van der Waals surface area contributed by atoms with Crippen LogP contribution < -0.4 is 0 Å². The van der Waals surface area contributed by atoms with Crippen molar-refractivity contribution < 1.29 is 17.6 Å².